The molecule has 0 unspecified atom stereocenters. The topological polar surface area (TPSA) is 37.7 Å². The lowest BCUT2D eigenvalue weighted by molar-refractivity contribution is 0.0755. The number of hydrogen-bond donors (Lipinski definition) is 0. The van der Waals surface area contributed by atoms with E-state index >= 15 is 0 Å². The van der Waals surface area contributed by atoms with Crippen molar-refractivity contribution >= 4 is 16.8 Å². The number of fused-ring (bicyclic) bond motifs is 1. The first-order valence-electron chi connectivity index (χ1n) is 12.4. The SMILES string of the molecule is CCCN(CCC)C(=O)c1ccc2c(ccn2C2CCN(Cc3ccc(OC)cc3)CC2)c1. The fraction of sp³-hybridized carbons (Fsp3) is 0.464. The molecule has 2 heterocycles. The van der Waals surface area contributed by atoms with Crippen molar-refractivity contribution in [3.63, 3.8) is 0 Å². The Kier molecular flexibility index (Phi) is 7.71. The lowest BCUT2D eigenvalue weighted by Gasteiger charge is -2.33. The average Bonchev–Trinajstić information content (AvgIpc) is 3.28. The molecule has 0 bridgehead atoms. The third-order valence-corrected chi connectivity index (χ3v) is 6.76. The number of methoxy groups -OCH3 is 1. The maximum Gasteiger partial charge on any atom is 0.253 e. The minimum absolute atomic E-state index is 0.153. The third kappa shape index (κ3) is 5.41. The van der Waals surface area contributed by atoms with E-state index in [2.05, 4.69) is 59.8 Å². The van der Waals surface area contributed by atoms with Crippen molar-refractivity contribution in [3.05, 3.63) is 65.9 Å². The summed E-state index contributed by atoms with van der Waals surface area (Å²) < 4.78 is 7.69. The van der Waals surface area contributed by atoms with Gasteiger partial charge in [0.2, 0.25) is 0 Å². The van der Waals surface area contributed by atoms with Crippen molar-refractivity contribution in [3.8, 4) is 5.75 Å². The molecule has 1 aliphatic rings. The Labute approximate surface area is 197 Å². The number of nitrogens with zero attached hydrogens (tertiary/aromatic N) is 3. The van der Waals surface area contributed by atoms with Crippen LogP contribution in [0.25, 0.3) is 10.9 Å². The van der Waals surface area contributed by atoms with Gasteiger partial charge in [0.1, 0.15) is 5.75 Å². The highest BCUT2D eigenvalue weighted by Gasteiger charge is 2.22. The summed E-state index contributed by atoms with van der Waals surface area (Å²) >= 11 is 0. The first-order valence-corrected chi connectivity index (χ1v) is 12.4. The van der Waals surface area contributed by atoms with Gasteiger partial charge in [-0.15, -0.1) is 0 Å². The molecule has 176 valence electrons. The van der Waals surface area contributed by atoms with Crippen LogP contribution in [0.4, 0.5) is 0 Å². The van der Waals surface area contributed by atoms with Gasteiger partial charge in [-0.05, 0) is 67.6 Å². The molecule has 1 saturated heterocycles. The molecule has 1 aliphatic heterocycles. The van der Waals surface area contributed by atoms with Crippen molar-refractivity contribution in [1.29, 1.82) is 0 Å². The van der Waals surface area contributed by atoms with Crippen LogP contribution in [0.2, 0.25) is 0 Å². The van der Waals surface area contributed by atoms with Crippen LogP contribution >= 0.6 is 0 Å². The van der Waals surface area contributed by atoms with Gasteiger partial charge in [0.15, 0.2) is 0 Å². The minimum atomic E-state index is 0.153. The first-order chi connectivity index (χ1) is 16.1. The number of aromatic nitrogens is 1. The Hall–Kier alpha value is -2.79. The molecule has 3 aromatic rings. The Morgan fingerprint density at radius 2 is 1.70 bits per heavy atom. The predicted octanol–water partition coefficient (Wildman–Crippen LogP) is 5.75. The smallest absolute Gasteiger partial charge is 0.253 e. The van der Waals surface area contributed by atoms with Crippen molar-refractivity contribution in [2.45, 2.75) is 52.1 Å². The minimum Gasteiger partial charge on any atom is -0.497 e. The number of rotatable bonds is 9. The molecule has 0 atom stereocenters. The molecule has 1 fully saturated rings. The van der Waals surface area contributed by atoms with Crippen LogP contribution in [0.15, 0.2) is 54.7 Å². The van der Waals surface area contributed by atoms with Gasteiger partial charge in [0.25, 0.3) is 5.91 Å². The van der Waals surface area contributed by atoms with Gasteiger partial charge < -0.3 is 14.2 Å². The number of carbonyl (C=O) groups is 1. The van der Waals surface area contributed by atoms with Gasteiger partial charge in [-0.25, -0.2) is 0 Å². The zero-order valence-electron chi connectivity index (χ0n) is 20.3. The maximum atomic E-state index is 13.0. The number of carbonyl (C=O) groups excluding carboxylic acids is 1. The number of ether oxygens (including phenoxy) is 1. The van der Waals surface area contributed by atoms with Crippen LogP contribution in [-0.2, 0) is 6.54 Å². The average molecular weight is 448 g/mol. The normalized spacial score (nSPS) is 15.1. The summed E-state index contributed by atoms with van der Waals surface area (Å²) in [5.41, 5.74) is 3.37. The predicted molar refractivity (Wildman–Crippen MR) is 135 cm³/mol. The van der Waals surface area contributed by atoms with Crippen LogP contribution in [0, 0.1) is 0 Å². The third-order valence-electron chi connectivity index (χ3n) is 6.76. The molecule has 1 amide bonds. The van der Waals surface area contributed by atoms with Gasteiger partial charge in [-0.3, -0.25) is 9.69 Å². The second-order valence-electron chi connectivity index (χ2n) is 9.14. The zero-order valence-corrected chi connectivity index (χ0v) is 20.3. The molecule has 0 aliphatic carbocycles. The first kappa shape index (κ1) is 23.4. The molecule has 0 N–H and O–H groups in total. The summed E-state index contributed by atoms with van der Waals surface area (Å²) in [6.07, 6.45) is 6.46. The fourth-order valence-electron chi connectivity index (χ4n) is 5.00. The number of amides is 1. The molecule has 0 spiro atoms. The Morgan fingerprint density at radius 1 is 1.00 bits per heavy atom. The highest BCUT2D eigenvalue weighted by molar-refractivity contribution is 5.98. The Balaban J connectivity index is 1.40. The zero-order chi connectivity index (χ0) is 23.2. The summed E-state index contributed by atoms with van der Waals surface area (Å²) in [4.78, 5) is 17.5. The fourth-order valence-corrected chi connectivity index (χ4v) is 5.00. The van der Waals surface area contributed by atoms with Gasteiger partial charge >= 0.3 is 0 Å². The van der Waals surface area contributed by atoms with E-state index in [1.165, 1.54) is 11.1 Å². The van der Waals surface area contributed by atoms with Crippen molar-refractivity contribution < 1.29 is 9.53 Å². The Morgan fingerprint density at radius 3 is 2.33 bits per heavy atom. The van der Waals surface area contributed by atoms with E-state index in [1.54, 1.807) is 7.11 Å². The number of hydrogen-bond acceptors (Lipinski definition) is 3. The molecule has 2 aromatic carbocycles. The monoisotopic (exact) mass is 447 g/mol. The van der Waals surface area contributed by atoms with E-state index in [0.29, 0.717) is 6.04 Å². The molecule has 1 aromatic heterocycles. The lowest BCUT2D eigenvalue weighted by Crippen LogP contribution is -2.34. The van der Waals surface area contributed by atoms with Gasteiger partial charge in [0.05, 0.1) is 7.11 Å². The number of piperidine rings is 1. The van der Waals surface area contributed by atoms with Crippen molar-refractivity contribution in [2.75, 3.05) is 33.3 Å². The van der Waals surface area contributed by atoms with Crippen LogP contribution in [0.3, 0.4) is 0 Å². The van der Waals surface area contributed by atoms with Crippen LogP contribution in [-0.4, -0.2) is 53.6 Å². The van der Waals surface area contributed by atoms with E-state index < -0.39 is 0 Å². The Bertz CT molecular complexity index is 1040. The molecular weight excluding hydrogens is 410 g/mol. The number of benzene rings is 2. The second-order valence-corrected chi connectivity index (χ2v) is 9.14. The summed E-state index contributed by atoms with van der Waals surface area (Å²) in [7, 11) is 1.71. The van der Waals surface area contributed by atoms with E-state index in [-0.39, 0.29) is 5.91 Å². The molecule has 0 radical (unpaired) electrons. The summed E-state index contributed by atoms with van der Waals surface area (Å²) in [5.74, 6) is 1.06. The second kappa shape index (κ2) is 10.9. The van der Waals surface area contributed by atoms with E-state index in [1.807, 2.05) is 23.1 Å². The molecule has 5 heteroatoms. The summed E-state index contributed by atoms with van der Waals surface area (Å²) in [6.45, 7) is 9.07. The summed E-state index contributed by atoms with van der Waals surface area (Å²) in [6, 6.07) is 17.3. The lowest BCUT2D eigenvalue weighted by atomic mass is 10.0. The molecule has 0 saturated carbocycles. The van der Waals surface area contributed by atoms with Crippen LogP contribution in [0.5, 0.6) is 5.75 Å². The molecule has 4 rings (SSSR count). The van der Waals surface area contributed by atoms with Gasteiger partial charge in [-0.2, -0.15) is 0 Å². The number of likely N-dealkylation sites (tertiary alicyclic amines) is 1. The highest BCUT2D eigenvalue weighted by Crippen LogP contribution is 2.29. The van der Waals surface area contributed by atoms with E-state index in [9.17, 15) is 4.79 Å². The van der Waals surface area contributed by atoms with E-state index in [0.717, 1.165) is 75.1 Å². The van der Waals surface area contributed by atoms with Crippen LogP contribution < -0.4 is 4.74 Å². The van der Waals surface area contributed by atoms with Gasteiger partial charge in [0, 0.05) is 61.4 Å². The van der Waals surface area contributed by atoms with Crippen molar-refractivity contribution in [1.82, 2.24) is 14.4 Å². The van der Waals surface area contributed by atoms with Crippen LogP contribution in [0.1, 0.15) is 61.5 Å². The van der Waals surface area contributed by atoms with E-state index in [4.69, 9.17) is 4.74 Å². The largest absolute Gasteiger partial charge is 0.497 e. The van der Waals surface area contributed by atoms with Crippen molar-refractivity contribution in [2.24, 2.45) is 0 Å². The molecular formula is C28H37N3O2. The molecule has 5 nitrogen and oxygen atoms in total. The van der Waals surface area contributed by atoms with Gasteiger partial charge in [-0.1, -0.05) is 26.0 Å². The molecule has 33 heavy (non-hydrogen) atoms. The highest BCUT2D eigenvalue weighted by atomic mass is 16.5. The maximum absolute atomic E-state index is 13.0. The summed E-state index contributed by atoms with van der Waals surface area (Å²) in [5, 5.41) is 1.16. The quantitative estimate of drug-likeness (QED) is 0.419. The standard InChI is InChI=1S/C28H37N3O2/c1-4-15-30(16-5-2)28(32)24-8-11-27-23(20-24)12-19-31(27)25-13-17-29(18-14-25)21-22-6-9-26(33-3)10-7-22/h6-12,19-20,25H,4-5,13-18,21H2,1-3H3.